The molecule has 3 nitrogen and oxygen atoms in total. The zero-order valence-electron chi connectivity index (χ0n) is 11.6. The average molecular weight is 286 g/mol. The number of hydrogen-bond acceptors (Lipinski definition) is 4. The SMILES string of the molecule is COc1ccc2c(c1)-c1nc(C3CCCCN3)sc1C2. The van der Waals surface area contributed by atoms with Crippen molar-refractivity contribution >= 4 is 11.3 Å². The van der Waals surface area contributed by atoms with Gasteiger partial charge in [-0.15, -0.1) is 11.3 Å². The number of thiazole rings is 1. The van der Waals surface area contributed by atoms with Crippen LogP contribution in [0.25, 0.3) is 11.3 Å². The largest absolute Gasteiger partial charge is 0.497 e. The summed E-state index contributed by atoms with van der Waals surface area (Å²) < 4.78 is 5.34. The number of methoxy groups -OCH3 is 1. The second-order valence-electron chi connectivity index (χ2n) is 5.53. The minimum atomic E-state index is 0.466. The van der Waals surface area contributed by atoms with Crippen LogP contribution >= 0.6 is 11.3 Å². The van der Waals surface area contributed by atoms with Crippen molar-refractivity contribution in [3.05, 3.63) is 33.6 Å². The van der Waals surface area contributed by atoms with E-state index in [2.05, 4.69) is 17.4 Å². The molecule has 0 radical (unpaired) electrons. The summed E-state index contributed by atoms with van der Waals surface area (Å²) in [7, 11) is 1.72. The van der Waals surface area contributed by atoms with Gasteiger partial charge in [0.25, 0.3) is 0 Å². The second kappa shape index (κ2) is 4.86. The highest BCUT2D eigenvalue weighted by Gasteiger charge is 2.27. The van der Waals surface area contributed by atoms with Gasteiger partial charge in [0.05, 0.1) is 18.8 Å². The predicted octanol–water partition coefficient (Wildman–Crippen LogP) is 3.54. The van der Waals surface area contributed by atoms with Gasteiger partial charge in [-0.05, 0) is 37.1 Å². The third-order valence-electron chi connectivity index (χ3n) is 4.25. The Morgan fingerprint density at radius 2 is 2.30 bits per heavy atom. The summed E-state index contributed by atoms with van der Waals surface area (Å²) in [4.78, 5) is 6.34. The van der Waals surface area contributed by atoms with E-state index in [1.165, 1.54) is 46.0 Å². The molecule has 2 aromatic rings. The second-order valence-corrected chi connectivity index (χ2v) is 6.64. The number of piperidine rings is 1. The Kier molecular flexibility index (Phi) is 3.00. The van der Waals surface area contributed by atoms with E-state index in [4.69, 9.17) is 9.72 Å². The summed E-state index contributed by atoms with van der Waals surface area (Å²) in [6.45, 7) is 1.12. The lowest BCUT2D eigenvalue weighted by Crippen LogP contribution is -2.26. The molecule has 1 aromatic heterocycles. The quantitative estimate of drug-likeness (QED) is 0.782. The number of nitrogens with one attached hydrogen (secondary N) is 1. The van der Waals surface area contributed by atoms with E-state index in [0.717, 1.165) is 18.7 Å². The normalized spacial score (nSPS) is 20.6. The first kappa shape index (κ1) is 12.4. The molecule has 104 valence electrons. The molecule has 1 fully saturated rings. The van der Waals surface area contributed by atoms with Crippen LogP contribution in [0.15, 0.2) is 18.2 Å². The van der Waals surface area contributed by atoms with Crippen LogP contribution in [0, 0.1) is 0 Å². The van der Waals surface area contributed by atoms with Crippen LogP contribution in [0.5, 0.6) is 5.75 Å². The Bertz CT molecular complexity index is 644. The number of hydrogen-bond donors (Lipinski definition) is 1. The molecule has 4 rings (SSSR count). The third kappa shape index (κ3) is 1.95. The van der Waals surface area contributed by atoms with E-state index in [9.17, 15) is 0 Å². The van der Waals surface area contributed by atoms with Gasteiger partial charge in [0, 0.05) is 16.9 Å². The molecule has 2 heterocycles. The van der Waals surface area contributed by atoms with Gasteiger partial charge in [-0.3, -0.25) is 0 Å². The Balaban J connectivity index is 1.70. The highest BCUT2D eigenvalue weighted by Crippen LogP contribution is 2.42. The Morgan fingerprint density at radius 1 is 1.35 bits per heavy atom. The fourth-order valence-corrected chi connectivity index (χ4v) is 4.35. The van der Waals surface area contributed by atoms with E-state index in [-0.39, 0.29) is 0 Å². The number of aromatic nitrogens is 1. The highest BCUT2D eigenvalue weighted by molar-refractivity contribution is 7.12. The molecule has 4 heteroatoms. The average Bonchev–Trinajstić information content (AvgIpc) is 3.05. The smallest absolute Gasteiger partial charge is 0.119 e. The number of rotatable bonds is 2. The minimum Gasteiger partial charge on any atom is -0.497 e. The fourth-order valence-electron chi connectivity index (χ4n) is 3.14. The molecule has 1 aliphatic heterocycles. The zero-order valence-corrected chi connectivity index (χ0v) is 12.4. The van der Waals surface area contributed by atoms with Crippen molar-refractivity contribution in [2.45, 2.75) is 31.7 Å². The lowest BCUT2D eigenvalue weighted by molar-refractivity contribution is 0.411. The van der Waals surface area contributed by atoms with Crippen molar-refractivity contribution in [2.75, 3.05) is 13.7 Å². The number of benzene rings is 1. The van der Waals surface area contributed by atoms with Gasteiger partial charge in [0.2, 0.25) is 0 Å². The van der Waals surface area contributed by atoms with Gasteiger partial charge in [-0.25, -0.2) is 4.98 Å². The van der Waals surface area contributed by atoms with E-state index >= 15 is 0 Å². The van der Waals surface area contributed by atoms with Crippen LogP contribution in [0.1, 0.15) is 40.8 Å². The van der Waals surface area contributed by atoms with Crippen molar-refractivity contribution < 1.29 is 4.74 Å². The lowest BCUT2D eigenvalue weighted by atomic mass is 10.1. The first-order valence-corrected chi connectivity index (χ1v) is 8.07. The number of ether oxygens (including phenoxy) is 1. The van der Waals surface area contributed by atoms with Crippen molar-refractivity contribution in [1.82, 2.24) is 10.3 Å². The molecule has 1 N–H and O–H groups in total. The third-order valence-corrected chi connectivity index (χ3v) is 5.41. The molecular weight excluding hydrogens is 268 g/mol. The van der Waals surface area contributed by atoms with Crippen molar-refractivity contribution in [2.24, 2.45) is 0 Å². The lowest BCUT2D eigenvalue weighted by Gasteiger charge is -2.21. The van der Waals surface area contributed by atoms with Crippen molar-refractivity contribution in [3.63, 3.8) is 0 Å². The summed E-state index contributed by atoms with van der Waals surface area (Å²) in [5.74, 6) is 0.918. The Labute approximate surface area is 123 Å². The summed E-state index contributed by atoms with van der Waals surface area (Å²) in [6, 6.07) is 6.80. The van der Waals surface area contributed by atoms with E-state index < -0.39 is 0 Å². The molecule has 1 aliphatic carbocycles. The topological polar surface area (TPSA) is 34.1 Å². The van der Waals surface area contributed by atoms with Crippen LogP contribution < -0.4 is 10.1 Å². The molecule has 1 saturated heterocycles. The summed E-state index contributed by atoms with van der Waals surface area (Å²) in [6.07, 6.45) is 4.85. The molecule has 0 spiro atoms. The van der Waals surface area contributed by atoms with E-state index in [1.54, 1.807) is 7.11 Å². The van der Waals surface area contributed by atoms with Gasteiger partial charge in [0.15, 0.2) is 0 Å². The maximum Gasteiger partial charge on any atom is 0.119 e. The van der Waals surface area contributed by atoms with Gasteiger partial charge in [-0.1, -0.05) is 12.5 Å². The first-order valence-electron chi connectivity index (χ1n) is 7.25. The maximum atomic E-state index is 5.34. The standard InChI is InChI=1S/C16H18N2OS/c1-19-11-6-5-10-8-14-15(12(10)9-11)18-16(20-14)13-4-2-3-7-17-13/h5-6,9,13,17H,2-4,7-8H2,1H3. The van der Waals surface area contributed by atoms with Crippen LogP contribution in [-0.2, 0) is 6.42 Å². The van der Waals surface area contributed by atoms with Crippen LogP contribution in [0.4, 0.5) is 0 Å². The Morgan fingerprint density at radius 3 is 3.10 bits per heavy atom. The molecule has 1 aromatic carbocycles. The zero-order chi connectivity index (χ0) is 13.5. The monoisotopic (exact) mass is 286 g/mol. The molecule has 1 unspecified atom stereocenters. The van der Waals surface area contributed by atoms with E-state index in [1.807, 2.05) is 17.4 Å². The molecule has 0 bridgehead atoms. The minimum absolute atomic E-state index is 0.466. The van der Waals surface area contributed by atoms with Gasteiger partial charge in [-0.2, -0.15) is 0 Å². The number of nitrogens with zero attached hydrogens (tertiary/aromatic N) is 1. The van der Waals surface area contributed by atoms with Crippen LogP contribution in [0.2, 0.25) is 0 Å². The van der Waals surface area contributed by atoms with Gasteiger partial charge in [0.1, 0.15) is 10.8 Å². The fraction of sp³-hybridized carbons (Fsp3) is 0.438. The van der Waals surface area contributed by atoms with Gasteiger partial charge >= 0.3 is 0 Å². The van der Waals surface area contributed by atoms with Crippen molar-refractivity contribution in [1.29, 1.82) is 0 Å². The van der Waals surface area contributed by atoms with E-state index in [0.29, 0.717) is 6.04 Å². The summed E-state index contributed by atoms with van der Waals surface area (Å²) in [5.41, 5.74) is 3.83. The van der Waals surface area contributed by atoms with Gasteiger partial charge < -0.3 is 10.1 Å². The first-order chi connectivity index (χ1) is 9.85. The summed E-state index contributed by atoms with van der Waals surface area (Å²) >= 11 is 1.88. The highest BCUT2D eigenvalue weighted by atomic mass is 32.1. The molecule has 2 aliphatic rings. The van der Waals surface area contributed by atoms with Crippen LogP contribution in [0.3, 0.4) is 0 Å². The predicted molar refractivity (Wildman–Crippen MR) is 81.5 cm³/mol. The van der Waals surface area contributed by atoms with Crippen molar-refractivity contribution in [3.8, 4) is 17.0 Å². The number of fused-ring (bicyclic) bond motifs is 3. The molecular formula is C16H18N2OS. The summed E-state index contributed by atoms with van der Waals surface area (Å²) in [5, 5.41) is 4.86. The molecule has 1 atom stereocenters. The molecule has 20 heavy (non-hydrogen) atoms. The molecule has 0 amide bonds. The molecule has 0 saturated carbocycles. The van der Waals surface area contributed by atoms with Crippen LogP contribution in [-0.4, -0.2) is 18.6 Å². The maximum absolute atomic E-state index is 5.34. The Hall–Kier alpha value is -1.39.